The minimum atomic E-state index is -0.0252. The number of piperazine rings is 1. The maximum Gasteiger partial charge on any atom is 0.193 e. The summed E-state index contributed by atoms with van der Waals surface area (Å²) < 4.78 is 11.4. The van der Waals surface area contributed by atoms with Gasteiger partial charge < -0.3 is 19.4 Å². The summed E-state index contributed by atoms with van der Waals surface area (Å²) in [7, 11) is 1.65. The first-order valence-corrected chi connectivity index (χ1v) is 9.68. The average Bonchev–Trinajstić information content (AvgIpc) is 2.67. The minimum absolute atomic E-state index is 0.0252. The Kier molecular flexibility index (Phi) is 4.85. The van der Waals surface area contributed by atoms with Crippen LogP contribution in [0, 0.1) is 6.92 Å². The van der Waals surface area contributed by atoms with Crippen LogP contribution in [-0.4, -0.2) is 32.3 Å². The van der Waals surface area contributed by atoms with Crippen LogP contribution >= 0.6 is 0 Å². The van der Waals surface area contributed by atoms with Crippen LogP contribution in [0.4, 0.5) is 5.69 Å². The van der Waals surface area contributed by atoms with Crippen molar-refractivity contribution in [2.75, 3.05) is 25.1 Å². The molecule has 146 valence electrons. The highest BCUT2D eigenvalue weighted by Crippen LogP contribution is 2.29. The SMILES string of the molecule is COc1ccc(-c2cc(=O)c3cc(N4CC(C)N[C@@H](C)C4)ccc3o2)cc1C. The number of rotatable bonds is 3. The number of aryl methyl sites for hydroxylation is 1. The maximum absolute atomic E-state index is 12.8. The number of hydrogen-bond donors (Lipinski definition) is 1. The summed E-state index contributed by atoms with van der Waals surface area (Å²) in [4.78, 5) is 15.2. The molecular formula is C23H26N2O3. The summed E-state index contributed by atoms with van der Waals surface area (Å²) >= 11 is 0. The monoisotopic (exact) mass is 378 g/mol. The maximum atomic E-state index is 12.8. The fraction of sp³-hybridized carbons (Fsp3) is 0.348. The van der Waals surface area contributed by atoms with E-state index in [9.17, 15) is 4.79 Å². The van der Waals surface area contributed by atoms with Crippen molar-refractivity contribution in [3.05, 3.63) is 58.3 Å². The molecule has 0 spiro atoms. The lowest BCUT2D eigenvalue weighted by Crippen LogP contribution is -2.54. The van der Waals surface area contributed by atoms with Gasteiger partial charge in [0.15, 0.2) is 5.43 Å². The van der Waals surface area contributed by atoms with Crippen LogP contribution in [0.15, 0.2) is 51.7 Å². The normalized spacial score (nSPS) is 19.8. The van der Waals surface area contributed by atoms with Crippen molar-refractivity contribution >= 4 is 16.7 Å². The first-order chi connectivity index (χ1) is 13.4. The molecule has 4 rings (SSSR count). The summed E-state index contributed by atoms with van der Waals surface area (Å²) in [5, 5.41) is 4.15. The molecule has 1 N–H and O–H groups in total. The highest BCUT2D eigenvalue weighted by Gasteiger charge is 2.21. The molecule has 3 aromatic rings. The molecule has 2 atom stereocenters. The third-order valence-electron chi connectivity index (χ3n) is 5.31. The molecule has 2 heterocycles. The van der Waals surface area contributed by atoms with E-state index in [2.05, 4.69) is 24.1 Å². The number of nitrogens with one attached hydrogen (secondary N) is 1. The number of hydrogen-bond acceptors (Lipinski definition) is 5. The summed E-state index contributed by atoms with van der Waals surface area (Å²) in [5.41, 5.74) is 3.51. The highest BCUT2D eigenvalue weighted by molar-refractivity contribution is 5.82. The highest BCUT2D eigenvalue weighted by atomic mass is 16.5. The van der Waals surface area contributed by atoms with Gasteiger partial charge >= 0.3 is 0 Å². The zero-order valence-corrected chi connectivity index (χ0v) is 16.8. The van der Waals surface area contributed by atoms with Crippen LogP contribution in [-0.2, 0) is 0 Å². The van der Waals surface area contributed by atoms with Gasteiger partial charge in [0, 0.05) is 42.5 Å². The molecule has 1 aromatic heterocycles. The van der Waals surface area contributed by atoms with Gasteiger partial charge in [-0.3, -0.25) is 4.79 Å². The largest absolute Gasteiger partial charge is 0.496 e. The molecule has 5 heteroatoms. The topological polar surface area (TPSA) is 54.7 Å². The second-order valence-corrected chi connectivity index (χ2v) is 7.71. The molecule has 0 aliphatic carbocycles. The van der Waals surface area contributed by atoms with Crippen molar-refractivity contribution in [2.45, 2.75) is 32.9 Å². The quantitative estimate of drug-likeness (QED) is 0.748. The first-order valence-electron chi connectivity index (χ1n) is 9.68. The summed E-state index contributed by atoms with van der Waals surface area (Å²) in [5.74, 6) is 1.39. The molecule has 0 bridgehead atoms. The Bertz CT molecular complexity index is 1060. The molecule has 1 unspecified atom stereocenters. The second-order valence-electron chi connectivity index (χ2n) is 7.71. The third kappa shape index (κ3) is 3.50. The Hall–Kier alpha value is -2.79. The number of nitrogens with zero attached hydrogens (tertiary/aromatic N) is 1. The van der Waals surface area contributed by atoms with E-state index >= 15 is 0 Å². The van der Waals surface area contributed by atoms with E-state index in [1.54, 1.807) is 13.2 Å². The number of methoxy groups -OCH3 is 1. The zero-order chi connectivity index (χ0) is 19.8. The molecule has 1 aliphatic rings. The molecule has 5 nitrogen and oxygen atoms in total. The van der Waals surface area contributed by atoms with Crippen LogP contribution in [0.1, 0.15) is 19.4 Å². The van der Waals surface area contributed by atoms with Gasteiger partial charge in [-0.25, -0.2) is 0 Å². The van der Waals surface area contributed by atoms with Crippen molar-refractivity contribution < 1.29 is 9.15 Å². The van der Waals surface area contributed by atoms with E-state index in [0.717, 1.165) is 35.7 Å². The average molecular weight is 378 g/mol. The van der Waals surface area contributed by atoms with E-state index < -0.39 is 0 Å². The third-order valence-corrected chi connectivity index (χ3v) is 5.31. The number of ether oxygens (including phenoxy) is 1. The van der Waals surface area contributed by atoms with Crippen molar-refractivity contribution in [3.63, 3.8) is 0 Å². The van der Waals surface area contributed by atoms with Gasteiger partial charge in [-0.15, -0.1) is 0 Å². The molecule has 1 fully saturated rings. The molecule has 28 heavy (non-hydrogen) atoms. The van der Waals surface area contributed by atoms with Gasteiger partial charge in [0.05, 0.1) is 12.5 Å². The smallest absolute Gasteiger partial charge is 0.193 e. The van der Waals surface area contributed by atoms with E-state index in [1.165, 1.54) is 0 Å². The zero-order valence-electron chi connectivity index (χ0n) is 16.8. The van der Waals surface area contributed by atoms with Crippen LogP contribution in [0.2, 0.25) is 0 Å². The van der Waals surface area contributed by atoms with Crippen LogP contribution in [0.5, 0.6) is 5.75 Å². The van der Waals surface area contributed by atoms with Gasteiger partial charge in [0.2, 0.25) is 0 Å². The summed E-state index contributed by atoms with van der Waals surface area (Å²) in [6, 6.07) is 14.1. The molecular weight excluding hydrogens is 352 g/mol. The molecule has 0 amide bonds. The van der Waals surface area contributed by atoms with Crippen molar-refractivity contribution in [1.29, 1.82) is 0 Å². The predicted octanol–water partition coefficient (Wildman–Crippen LogP) is 3.96. The first kappa shape index (κ1) is 18.6. The Morgan fingerprint density at radius 1 is 1.07 bits per heavy atom. The Morgan fingerprint density at radius 3 is 2.50 bits per heavy atom. The Balaban J connectivity index is 1.72. The van der Waals surface area contributed by atoms with Crippen LogP contribution < -0.4 is 20.4 Å². The molecule has 0 radical (unpaired) electrons. The van der Waals surface area contributed by atoms with Crippen LogP contribution in [0.25, 0.3) is 22.3 Å². The fourth-order valence-electron chi connectivity index (χ4n) is 4.05. The van der Waals surface area contributed by atoms with E-state index in [1.807, 2.05) is 43.3 Å². The standard InChI is InChI=1S/C23H26N2O3/c1-14-9-17(5-7-21(14)27-4)23-11-20(26)19-10-18(6-8-22(19)28-23)25-12-15(2)24-16(3)13-25/h5-11,15-16,24H,12-13H2,1-4H3/t15-,16?/m0/s1. The molecule has 1 saturated heterocycles. The number of anilines is 1. The van der Waals surface area contributed by atoms with Crippen molar-refractivity contribution in [1.82, 2.24) is 5.32 Å². The fourth-order valence-corrected chi connectivity index (χ4v) is 4.05. The minimum Gasteiger partial charge on any atom is -0.496 e. The Labute approximate surface area is 164 Å². The van der Waals surface area contributed by atoms with Crippen molar-refractivity contribution in [2.24, 2.45) is 0 Å². The summed E-state index contributed by atoms with van der Waals surface area (Å²) in [6.07, 6.45) is 0. The van der Waals surface area contributed by atoms with E-state index in [0.29, 0.717) is 28.8 Å². The van der Waals surface area contributed by atoms with Gasteiger partial charge in [0.25, 0.3) is 0 Å². The lowest BCUT2D eigenvalue weighted by atomic mass is 10.1. The van der Waals surface area contributed by atoms with Gasteiger partial charge in [-0.2, -0.15) is 0 Å². The predicted molar refractivity (Wildman–Crippen MR) is 113 cm³/mol. The van der Waals surface area contributed by atoms with Gasteiger partial charge in [0.1, 0.15) is 17.1 Å². The second kappa shape index (κ2) is 7.32. The van der Waals surface area contributed by atoms with Crippen LogP contribution in [0.3, 0.4) is 0 Å². The number of fused-ring (bicyclic) bond motifs is 1. The van der Waals surface area contributed by atoms with E-state index in [4.69, 9.17) is 9.15 Å². The summed E-state index contributed by atoms with van der Waals surface area (Å²) in [6.45, 7) is 8.18. The lowest BCUT2D eigenvalue weighted by Gasteiger charge is -2.37. The number of benzene rings is 2. The molecule has 2 aromatic carbocycles. The lowest BCUT2D eigenvalue weighted by molar-refractivity contribution is 0.407. The molecule has 1 aliphatic heterocycles. The Morgan fingerprint density at radius 2 is 1.82 bits per heavy atom. The van der Waals surface area contributed by atoms with Gasteiger partial charge in [-0.05, 0) is 62.7 Å². The van der Waals surface area contributed by atoms with Gasteiger partial charge in [-0.1, -0.05) is 0 Å². The van der Waals surface area contributed by atoms with Crippen molar-refractivity contribution in [3.8, 4) is 17.1 Å². The van der Waals surface area contributed by atoms with E-state index in [-0.39, 0.29) is 5.43 Å². The molecule has 0 saturated carbocycles.